The van der Waals surface area contributed by atoms with Gasteiger partial charge in [-0.3, -0.25) is 4.98 Å². The molecule has 0 amide bonds. The Kier molecular flexibility index (Phi) is 4.87. The van der Waals surface area contributed by atoms with E-state index in [9.17, 15) is 0 Å². The normalized spacial score (nSPS) is 18.5. The first-order valence-corrected chi connectivity index (χ1v) is 8.40. The number of rotatable bonds is 4. The molecule has 1 aliphatic rings. The molecule has 1 fully saturated rings. The molecule has 0 radical (unpaired) electrons. The molecule has 1 aromatic carbocycles. The Morgan fingerprint density at radius 1 is 1.10 bits per heavy atom. The lowest BCUT2D eigenvalue weighted by atomic mass is 9.93. The van der Waals surface area contributed by atoms with Crippen LogP contribution in [-0.4, -0.2) is 11.0 Å². The summed E-state index contributed by atoms with van der Waals surface area (Å²) in [6, 6.07) is 11.2. The molecule has 1 atom stereocenters. The molecule has 0 saturated heterocycles. The molecular weight excluding hydrogens is 256 g/mol. The molecule has 0 bridgehead atoms. The van der Waals surface area contributed by atoms with Crippen LogP contribution in [0.1, 0.15) is 51.0 Å². The topological polar surface area (TPSA) is 24.9 Å². The number of nitrogens with one attached hydrogen (secondary N) is 1. The molecule has 2 aromatic rings. The van der Waals surface area contributed by atoms with E-state index in [1.54, 1.807) is 0 Å². The third kappa shape index (κ3) is 3.62. The van der Waals surface area contributed by atoms with Crippen molar-refractivity contribution in [3.63, 3.8) is 0 Å². The highest BCUT2D eigenvalue weighted by atomic mass is 14.9. The first-order valence-electron chi connectivity index (χ1n) is 8.40. The Balaban J connectivity index is 1.65. The van der Waals surface area contributed by atoms with Crippen molar-refractivity contribution in [1.29, 1.82) is 0 Å². The van der Waals surface area contributed by atoms with Crippen LogP contribution in [0.4, 0.5) is 0 Å². The standard InChI is InChI=1S/C19H26N2/c1-15(16-8-4-2-3-5-9-16)21-14-18-11-6-10-17-12-7-13-20-19(17)18/h6-7,10-13,15-16,21H,2-5,8-9,14H2,1H3/t15-/m1/s1. The van der Waals surface area contributed by atoms with Crippen molar-refractivity contribution < 1.29 is 0 Å². The summed E-state index contributed by atoms with van der Waals surface area (Å²) in [5.41, 5.74) is 2.45. The molecule has 1 N–H and O–H groups in total. The number of para-hydroxylation sites is 1. The molecule has 0 spiro atoms. The van der Waals surface area contributed by atoms with Gasteiger partial charge in [-0.2, -0.15) is 0 Å². The predicted molar refractivity (Wildman–Crippen MR) is 89.2 cm³/mol. The summed E-state index contributed by atoms with van der Waals surface area (Å²) in [4.78, 5) is 4.55. The van der Waals surface area contributed by atoms with Crippen molar-refractivity contribution in [1.82, 2.24) is 10.3 Å². The van der Waals surface area contributed by atoms with Crippen LogP contribution >= 0.6 is 0 Å². The molecule has 2 nitrogen and oxygen atoms in total. The van der Waals surface area contributed by atoms with Gasteiger partial charge in [0.25, 0.3) is 0 Å². The van der Waals surface area contributed by atoms with Gasteiger partial charge in [0.05, 0.1) is 5.52 Å². The van der Waals surface area contributed by atoms with Gasteiger partial charge in [0, 0.05) is 24.2 Å². The van der Waals surface area contributed by atoms with E-state index in [1.807, 2.05) is 12.3 Å². The molecule has 1 aromatic heterocycles. The first-order chi connectivity index (χ1) is 10.3. The summed E-state index contributed by atoms with van der Waals surface area (Å²) < 4.78 is 0. The van der Waals surface area contributed by atoms with E-state index in [2.05, 4.69) is 41.5 Å². The summed E-state index contributed by atoms with van der Waals surface area (Å²) >= 11 is 0. The van der Waals surface area contributed by atoms with Crippen LogP contribution in [0.5, 0.6) is 0 Å². The summed E-state index contributed by atoms with van der Waals surface area (Å²) in [6.45, 7) is 3.28. The number of nitrogens with zero attached hydrogens (tertiary/aromatic N) is 1. The molecule has 1 saturated carbocycles. The Morgan fingerprint density at radius 2 is 1.86 bits per heavy atom. The summed E-state index contributed by atoms with van der Waals surface area (Å²) in [7, 11) is 0. The number of fused-ring (bicyclic) bond motifs is 1. The summed E-state index contributed by atoms with van der Waals surface area (Å²) in [5, 5.41) is 4.98. The zero-order valence-corrected chi connectivity index (χ0v) is 13.0. The number of hydrogen-bond donors (Lipinski definition) is 1. The molecule has 2 heteroatoms. The molecule has 3 rings (SSSR count). The average Bonchev–Trinajstić information content (AvgIpc) is 2.82. The second-order valence-corrected chi connectivity index (χ2v) is 6.41. The van der Waals surface area contributed by atoms with E-state index in [4.69, 9.17) is 0 Å². The van der Waals surface area contributed by atoms with Crippen molar-refractivity contribution in [2.24, 2.45) is 5.92 Å². The highest BCUT2D eigenvalue weighted by molar-refractivity contribution is 5.81. The Morgan fingerprint density at radius 3 is 2.67 bits per heavy atom. The minimum atomic E-state index is 0.599. The minimum Gasteiger partial charge on any atom is -0.310 e. The van der Waals surface area contributed by atoms with Gasteiger partial charge < -0.3 is 5.32 Å². The molecule has 112 valence electrons. The van der Waals surface area contributed by atoms with Gasteiger partial charge in [-0.25, -0.2) is 0 Å². The average molecular weight is 282 g/mol. The highest BCUT2D eigenvalue weighted by Crippen LogP contribution is 2.26. The van der Waals surface area contributed by atoms with E-state index < -0.39 is 0 Å². The summed E-state index contributed by atoms with van der Waals surface area (Å²) in [6.07, 6.45) is 10.3. The maximum absolute atomic E-state index is 4.55. The second-order valence-electron chi connectivity index (χ2n) is 6.41. The van der Waals surface area contributed by atoms with E-state index in [-0.39, 0.29) is 0 Å². The van der Waals surface area contributed by atoms with E-state index in [0.29, 0.717) is 6.04 Å². The van der Waals surface area contributed by atoms with Crippen LogP contribution in [0.15, 0.2) is 36.5 Å². The second kappa shape index (κ2) is 7.04. The Hall–Kier alpha value is -1.41. The molecule has 1 aliphatic carbocycles. The van der Waals surface area contributed by atoms with Crippen molar-refractivity contribution in [3.05, 3.63) is 42.1 Å². The fourth-order valence-electron chi connectivity index (χ4n) is 3.56. The third-order valence-corrected chi connectivity index (χ3v) is 4.94. The lowest BCUT2D eigenvalue weighted by Gasteiger charge is -2.24. The van der Waals surface area contributed by atoms with E-state index in [0.717, 1.165) is 18.0 Å². The van der Waals surface area contributed by atoms with Crippen LogP contribution in [-0.2, 0) is 6.54 Å². The van der Waals surface area contributed by atoms with Gasteiger partial charge >= 0.3 is 0 Å². The van der Waals surface area contributed by atoms with Gasteiger partial charge in [0.2, 0.25) is 0 Å². The zero-order valence-electron chi connectivity index (χ0n) is 13.0. The minimum absolute atomic E-state index is 0.599. The quantitative estimate of drug-likeness (QED) is 0.823. The Labute approximate surface area is 128 Å². The maximum atomic E-state index is 4.55. The van der Waals surface area contributed by atoms with E-state index in [1.165, 1.54) is 49.5 Å². The summed E-state index contributed by atoms with van der Waals surface area (Å²) in [5.74, 6) is 0.843. The number of hydrogen-bond acceptors (Lipinski definition) is 2. The molecule has 1 heterocycles. The van der Waals surface area contributed by atoms with Gasteiger partial charge in [0.15, 0.2) is 0 Å². The smallest absolute Gasteiger partial charge is 0.0746 e. The number of benzene rings is 1. The molecule has 0 aliphatic heterocycles. The van der Waals surface area contributed by atoms with Gasteiger partial charge in [-0.15, -0.1) is 0 Å². The molecular formula is C19H26N2. The van der Waals surface area contributed by atoms with Crippen LogP contribution in [0.25, 0.3) is 10.9 Å². The lowest BCUT2D eigenvalue weighted by molar-refractivity contribution is 0.337. The fraction of sp³-hybridized carbons (Fsp3) is 0.526. The molecule has 21 heavy (non-hydrogen) atoms. The Bertz CT molecular complexity index is 565. The van der Waals surface area contributed by atoms with Crippen LogP contribution in [0.3, 0.4) is 0 Å². The maximum Gasteiger partial charge on any atom is 0.0746 e. The molecule has 0 unspecified atom stereocenters. The fourth-order valence-corrected chi connectivity index (χ4v) is 3.56. The van der Waals surface area contributed by atoms with Gasteiger partial charge in [-0.05, 0) is 37.3 Å². The highest BCUT2D eigenvalue weighted by Gasteiger charge is 2.18. The van der Waals surface area contributed by atoms with E-state index >= 15 is 0 Å². The zero-order chi connectivity index (χ0) is 14.5. The predicted octanol–water partition coefficient (Wildman–Crippen LogP) is 4.68. The van der Waals surface area contributed by atoms with Crippen molar-refractivity contribution in [2.45, 2.75) is 58.0 Å². The van der Waals surface area contributed by atoms with Crippen molar-refractivity contribution in [2.75, 3.05) is 0 Å². The third-order valence-electron chi connectivity index (χ3n) is 4.94. The SMILES string of the molecule is C[C@@H](NCc1cccc2cccnc12)C1CCCCCC1. The van der Waals surface area contributed by atoms with Crippen LogP contribution < -0.4 is 5.32 Å². The number of pyridine rings is 1. The van der Waals surface area contributed by atoms with Gasteiger partial charge in [-0.1, -0.05) is 49.9 Å². The first kappa shape index (κ1) is 14.5. The largest absolute Gasteiger partial charge is 0.310 e. The van der Waals surface area contributed by atoms with Crippen molar-refractivity contribution >= 4 is 10.9 Å². The van der Waals surface area contributed by atoms with Crippen molar-refractivity contribution in [3.8, 4) is 0 Å². The van der Waals surface area contributed by atoms with Crippen LogP contribution in [0, 0.1) is 5.92 Å². The van der Waals surface area contributed by atoms with Crippen LogP contribution in [0.2, 0.25) is 0 Å². The number of aromatic nitrogens is 1. The monoisotopic (exact) mass is 282 g/mol. The lowest BCUT2D eigenvalue weighted by Crippen LogP contribution is -2.33. The van der Waals surface area contributed by atoms with Gasteiger partial charge in [0.1, 0.15) is 0 Å².